The molecule has 3 N–H and O–H groups in total. The summed E-state index contributed by atoms with van der Waals surface area (Å²) in [6.07, 6.45) is 1.48. The number of morpholine rings is 1. The largest absolute Gasteiger partial charge is 0.378 e. The second-order valence-corrected chi connectivity index (χ2v) is 6.33. The highest BCUT2D eigenvalue weighted by Gasteiger charge is 2.38. The maximum Gasteiger partial charge on any atom is 0.245 e. The van der Waals surface area contributed by atoms with Crippen molar-refractivity contribution in [2.75, 3.05) is 26.8 Å². The molecule has 0 spiro atoms. The van der Waals surface area contributed by atoms with E-state index in [-0.39, 0.29) is 36.9 Å². The quantitative estimate of drug-likeness (QED) is 0.712. The summed E-state index contributed by atoms with van der Waals surface area (Å²) in [4.78, 5) is 15.9. The molecule has 1 fully saturated rings. The Morgan fingerprint density at radius 3 is 3.05 bits per heavy atom. The van der Waals surface area contributed by atoms with Gasteiger partial charge < -0.3 is 15.8 Å². The first-order chi connectivity index (χ1) is 10.0. The van der Waals surface area contributed by atoms with Gasteiger partial charge in [0.15, 0.2) is 0 Å². The number of aromatic nitrogens is 1. The molecule has 1 unspecified atom stereocenters. The van der Waals surface area contributed by atoms with Crippen molar-refractivity contribution in [2.24, 2.45) is 5.73 Å². The van der Waals surface area contributed by atoms with Gasteiger partial charge in [0.25, 0.3) is 0 Å². The van der Waals surface area contributed by atoms with Crippen molar-refractivity contribution in [1.29, 1.82) is 0 Å². The average Bonchev–Trinajstić information content (AvgIpc) is 2.54. The standard InChI is InChI=1S/C12H18N4O4S/c1-14-12(17)10-8-20-6-5-16(10)21(18,19)11-3-2-4-15-9(11)7-13/h2-4,10H,5-8,13H2,1H3,(H,14,17). The minimum absolute atomic E-state index is 0.00435. The number of hydrogen-bond donors (Lipinski definition) is 2. The Morgan fingerprint density at radius 1 is 1.62 bits per heavy atom. The van der Waals surface area contributed by atoms with Crippen LogP contribution in [0, 0.1) is 0 Å². The van der Waals surface area contributed by atoms with E-state index in [1.54, 1.807) is 0 Å². The molecular formula is C12H18N4O4S. The Balaban J connectivity index is 2.43. The van der Waals surface area contributed by atoms with Crippen LogP contribution in [0.1, 0.15) is 5.69 Å². The molecule has 1 amide bonds. The number of nitrogens with two attached hydrogens (primary N) is 1. The van der Waals surface area contributed by atoms with Gasteiger partial charge in [-0.3, -0.25) is 9.78 Å². The lowest BCUT2D eigenvalue weighted by Gasteiger charge is -2.33. The molecule has 116 valence electrons. The van der Waals surface area contributed by atoms with Crippen LogP contribution in [-0.2, 0) is 26.1 Å². The molecule has 1 aromatic rings. The van der Waals surface area contributed by atoms with E-state index >= 15 is 0 Å². The summed E-state index contributed by atoms with van der Waals surface area (Å²) in [6.45, 7) is 0.381. The van der Waals surface area contributed by atoms with E-state index < -0.39 is 22.0 Å². The molecule has 1 atom stereocenters. The summed E-state index contributed by atoms with van der Waals surface area (Å²) in [5.74, 6) is -0.406. The third kappa shape index (κ3) is 3.05. The van der Waals surface area contributed by atoms with Crippen molar-refractivity contribution in [3.05, 3.63) is 24.0 Å². The number of carbonyl (C=O) groups is 1. The van der Waals surface area contributed by atoms with Crippen molar-refractivity contribution in [3.63, 3.8) is 0 Å². The number of pyridine rings is 1. The Morgan fingerprint density at radius 2 is 2.38 bits per heavy atom. The first kappa shape index (κ1) is 15.8. The van der Waals surface area contributed by atoms with Crippen molar-refractivity contribution >= 4 is 15.9 Å². The molecule has 0 radical (unpaired) electrons. The highest BCUT2D eigenvalue weighted by molar-refractivity contribution is 7.89. The van der Waals surface area contributed by atoms with Gasteiger partial charge in [0.05, 0.1) is 18.9 Å². The summed E-state index contributed by atoms with van der Waals surface area (Å²) in [7, 11) is -2.40. The number of carbonyl (C=O) groups excluding carboxylic acids is 1. The predicted octanol–water partition coefficient (Wildman–Crippen LogP) is -1.32. The molecule has 0 saturated carbocycles. The van der Waals surface area contributed by atoms with Crippen LogP contribution in [0.3, 0.4) is 0 Å². The number of rotatable bonds is 4. The number of sulfonamides is 1. The van der Waals surface area contributed by atoms with Crippen LogP contribution in [0.15, 0.2) is 23.2 Å². The molecule has 9 heteroatoms. The Bertz CT molecular complexity index is 619. The van der Waals surface area contributed by atoms with Gasteiger partial charge in [0.2, 0.25) is 15.9 Å². The van der Waals surface area contributed by atoms with Gasteiger partial charge in [-0.2, -0.15) is 4.31 Å². The van der Waals surface area contributed by atoms with Crippen molar-refractivity contribution < 1.29 is 17.9 Å². The predicted molar refractivity (Wildman–Crippen MR) is 74.7 cm³/mol. The smallest absolute Gasteiger partial charge is 0.245 e. The number of nitrogens with one attached hydrogen (secondary N) is 1. The van der Waals surface area contributed by atoms with Crippen LogP contribution in [0.25, 0.3) is 0 Å². The summed E-state index contributed by atoms with van der Waals surface area (Å²) in [5.41, 5.74) is 5.83. The fourth-order valence-electron chi connectivity index (χ4n) is 2.19. The number of ether oxygens (including phenoxy) is 1. The van der Waals surface area contributed by atoms with Gasteiger partial charge in [-0.05, 0) is 12.1 Å². The number of likely N-dealkylation sites (N-methyl/N-ethyl adjacent to an activating group) is 1. The summed E-state index contributed by atoms with van der Waals surface area (Å²) < 4.78 is 31.9. The molecule has 1 aromatic heterocycles. The van der Waals surface area contributed by atoms with Crippen LogP contribution in [0.5, 0.6) is 0 Å². The number of hydrogen-bond acceptors (Lipinski definition) is 6. The molecule has 1 aliphatic rings. The topological polar surface area (TPSA) is 115 Å². The lowest BCUT2D eigenvalue weighted by molar-refractivity contribution is -0.128. The second kappa shape index (κ2) is 6.48. The van der Waals surface area contributed by atoms with E-state index in [2.05, 4.69) is 10.3 Å². The fraction of sp³-hybridized carbons (Fsp3) is 0.500. The first-order valence-corrected chi connectivity index (χ1v) is 7.91. The summed E-state index contributed by atoms with van der Waals surface area (Å²) in [5, 5.41) is 2.45. The zero-order valence-corrected chi connectivity index (χ0v) is 12.5. The molecule has 0 aromatic carbocycles. The maximum atomic E-state index is 12.8. The number of nitrogens with zero attached hydrogens (tertiary/aromatic N) is 2. The molecule has 0 bridgehead atoms. The van der Waals surface area contributed by atoms with Gasteiger partial charge in [0, 0.05) is 26.3 Å². The Kier molecular flexibility index (Phi) is 4.88. The van der Waals surface area contributed by atoms with Crippen LogP contribution in [0.2, 0.25) is 0 Å². The lowest BCUT2D eigenvalue weighted by Crippen LogP contribution is -2.55. The molecule has 1 aliphatic heterocycles. The third-order valence-electron chi connectivity index (χ3n) is 3.26. The second-order valence-electron chi connectivity index (χ2n) is 4.47. The van der Waals surface area contributed by atoms with E-state index in [9.17, 15) is 13.2 Å². The van der Waals surface area contributed by atoms with Gasteiger partial charge in [-0.1, -0.05) is 0 Å². The minimum atomic E-state index is -3.86. The molecular weight excluding hydrogens is 296 g/mol. The van der Waals surface area contributed by atoms with E-state index in [1.165, 1.54) is 25.4 Å². The lowest BCUT2D eigenvalue weighted by atomic mass is 10.2. The SMILES string of the molecule is CNC(=O)C1COCCN1S(=O)(=O)c1cccnc1CN. The van der Waals surface area contributed by atoms with E-state index in [0.29, 0.717) is 0 Å². The highest BCUT2D eigenvalue weighted by Crippen LogP contribution is 2.22. The van der Waals surface area contributed by atoms with E-state index in [1.807, 2.05) is 0 Å². The molecule has 8 nitrogen and oxygen atoms in total. The zero-order chi connectivity index (χ0) is 15.5. The maximum absolute atomic E-state index is 12.8. The van der Waals surface area contributed by atoms with E-state index in [0.717, 1.165) is 4.31 Å². The van der Waals surface area contributed by atoms with Gasteiger partial charge in [-0.15, -0.1) is 0 Å². The molecule has 21 heavy (non-hydrogen) atoms. The van der Waals surface area contributed by atoms with Crippen molar-refractivity contribution in [3.8, 4) is 0 Å². The first-order valence-electron chi connectivity index (χ1n) is 6.47. The van der Waals surface area contributed by atoms with Crippen LogP contribution >= 0.6 is 0 Å². The average molecular weight is 314 g/mol. The van der Waals surface area contributed by atoms with Gasteiger partial charge >= 0.3 is 0 Å². The third-order valence-corrected chi connectivity index (χ3v) is 5.24. The van der Waals surface area contributed by atoms with Gasteiger partial charge in [-0.25, -0.2) is 8.42 Å². The molecule has 2 heterocycles. The zero-order valence-electron chi connectivity index (χ0n) is 11.7. The Hall–Kier alpha value is -1.55. The number of amides is 1. The van der Waals surface area contributed by atoms with E-state index in [4.69, 9.17) is 10.5 Å². The Labute approximate surface area is 123 Å². The monoisotopic (exact) mass is 314 g/mol. The fourth-order valence-corrected chi connectivity index (χ4v) is 3.93. The van der Waals surface area contributed by atoms with Crippen molar-refractivity contribution in [1.82, 2.24) is 14.6 Å². The van der Waals surface area contributed by atoms with Crippen LogP contribution < -0.4 is 11.1 Å². The van der Waals surface area contributed by atoms with Crippen LogP contribution in [0.4, 0.5) is 0 Å². The molecule has 2 rings (SSSR count). The minimum Gasteiger partial charge on any atom is -0.378 e. The van der Waals surface area contributed by atoms with Crippen molar-refractivity contribution in [2.45, 2.75) is 17.5 Å². The molecule has 0 aliphatic carbocycles. The molecule has 1 saturated heterocycles. The summed E-state index contributed by atoms with van der Waals surface area (Å²) in [6, 6.07) is 2.09. The highest BCUT2D eigenvalue weighted by atomic mass is 32.2. The normalized spacial score (nSPS) is 20.2. The summed E-state index contributed by atoms with van der Waals surface area (Å²) >= 11 is 0. The van der Waals surface area contributed by atoms with Crippen LogP contribution in [-0.4, -0.2) is 56.5 Å². The van der Waals surface area contributed by atoms with Gasteiger partial charge in [0.1, 0.15) is 10.9 Å².